The van der Waals surface area contributed by atoms with E-state index < -0.39 is 0 Å². The largest absolute Gasteiger partial charge is 0.316 e. The second kappa shape index (κ2) is 5.01. The van der Waals surface area contributed by atoms with Gasteiger partial charge in [0.1, 0.15) is 0 Å². The lowest BCUT2D eigenvalue weighted by atomic mass is 9.95. The highest BCUT2D eigenvalue weighted by Crippen LogP contribution is 2.35. The van der Waals surface area contributed by atoms with Gasteiger partial charge in [-0.2, -0.15) is 0 Å². The van der Waals surface area contributed by atoms with Gasteiger partial charge in [0.25, 0.3) is 0 Å². The first kappa shape index (κ1) is 12.7. The molecular formula is C14H18Cl2N2. The van der Waals surface area contributed by atoms with Gasteiger partial charge in [-0.3, -0.25) is 4.90 Å². The highest BCUT2D eigenvalue weighted by Gasteiger charge is 2.41. The number of halogens is 2. The molecule has 1 aromatic carbocycles. The highest BCUT2D eigenvalue weighted by molar-refractivity contribution is 6.42. The molecule has 0 radical (unpaired) electrons. The second-order valence-corrected chi connectivity index (χ2v) is 6.25. The number of fused-ring (bicyclic) bond motifs is 1. The molecule has 2 fully saturated rings. The Balaban J connectivity index is 1.75. The first-order valence-corrected chi connectivity index (χ1v) is 7.30. The molecule has 1 N–H and O–H groups in total. The van der Waals surface area contributed by atoms with Crippen LogP contribution < -0.4 is 5.32 Å². The summed E-state index contributed by atoms with van der Waals surface area (Å²) >= 11 is 12.3. The minimum absolute atomic E-state index is 0.625. The average molecular weight is 285 g/mol. The molecule has 2 aliphatic heterocycles. The van der Waals surface area contributed by atoms with Gasteiger partial charge in [0.15, 0.2) is 0 Å². The molecule has 3 unspecified atom stereocenters. The number of nitrogens with one attached hydrogen (secondary N) is 1. The van der Waals surface area contributed by atoms with Gasteiger partial charge in [0, 0.05) is 19.1 Å². The summed E-state index contributed by atoms with van der Waals surface area (Å²) in [6.07, 6.45) is 0. The van der Waals surface area contributed by atoms with Crippen LogP contribution in [0, 0.1) is 11.8 Å². The number of hydrogen-bond donors (Lipinski definition) is 1. The van der Waals surface area contributed by atoms with Crippen LogP contribution in [0.2, 0.25) is 10.0 Å². The van der Waals surface area contributed by atoms with Crippen molar-refractivity contribution in [2.75, 3.05) is 19.6 Å². The van der Waals surface area contributed by atoms with Crippen molar-refractivity contribution < 1.29 is 0 Å². The smallest absolute Gasteiger partial charge is 0.0637 e. The van der Waals surface area contributed by atoms with Crippen molar-refractivity contribution in [1.82, 2.24) is 10.2 Å². The van der Waals surface area contributed by atoms with E-state index in [1.807, 2.05) is 12.1 Å². The maximum absolute atomic E-state index is 6.27. The molecule has 0 bridgehead atoms. The summed E-state index contributed by atoms with van der Waals surface area (Å²) in [6, 6.07) is 6.53. The molecule has 2 aliphatic rings. The van der Waals surface area contributed by atoms with Crippen LogP contribution in [0.1, 0.15) is 12.5 Å². The molecule has 0 aromatic heterocycles. The van der Waals surface area contributed by atoms with E-state index in [4.69, 9.17) is 23.2 Å². The molecule has 4 heteroatoms. The third-order valence-electron chi connectivity index (χ3n) is 4.46. The SMILES string of the molecule is CC1C2CNCC2CN1Cc1cccc(Cl)c1Cl. The van der Waals surface area contributed by atoms with Gasteiger partial charge < -0.3 is 5.32 Å². The van der Waals surface area contributed by atoms with Crippen LogP contribution in [0.4, 0.5) is 0 Å². The van der Waals surface area contributed by atoms with Gasteiger partial charge >= 0.3 is 0 Å². The van der Waals surface area contributed by atoms with E-state index in [9.17, 15) is 0 Å². The molecule has 0 amide bonds. The van der Waals surface area contributed by atoms with Crippen LogP contribution in [0.5, 0.6) is 0 Å². The lowest BCUT2D eigenvalue weighted by Gasteiger charge is -2.24. The molecule has 0 spiro atoms. The predicted molar refractivity (Wildman–Crippen MR) is 76.2 cm³/mol. The number of hydrogen-bond acceptors (Lipinski definition) is 2. The summed E-state index contributed by atoms with van der Waals surface area (Å²) in [4.78, 5) is 2.54. The normalized spacial score (nSPS) is 31.8. The average Bonchev–Trinajstić information content (AvgIpc) is 2.90. The first-order chi connectivity index (χ1) is 8.66. The molecule has 0 saturated carbocycles. The molecule has 1 aromatic rings. The molecule has 98 valence electrons. The lowest BCUT2D eigenvalue weighted by molar-refractivity contribution is 0.231. The van der Waals surface area contributed by atoms with Crippen molar-refractivity contribution in [3.63, 3.8) is 0 Å². The first-order valence-electron chi connectivity index (χ1n) is 6.54. The van der Waals surface area contributed by atoms with Crippen LogP contribution in [0.25, 0.3) is 0 Å². The van der Waals surface area contributed by atoms with E-state index in [1.165, 1.54) is 6.54 Å². The monoisotopic (exact) mass is 284 g/mol. The lowest BCUT2D eigenvalue weighted by Crippen LogP contribution is -2.32. The van der Waals surface area contributed by atoms with E-state index in [1.54, 1.807) is 0 Å². The molecular weight excluding hydrogens is 267 g/mol. The third kappa shape index (κ3) is 2.16. The molecule has 3 rings (SSSR count). The summed E-state index contributed by atoms with van der Waals surface area (Å²) < 4.78 is 0. The van der Waals surface area contributed by atoms with E-state index in [2.05, 4.69) is 23.2 Å². The number of nitrogens with zero attached hydrogens (tertiary/aromatic N) is 1. The summed E-state index contributed by atoms with van der Waals surface area (Å²) in [7, 11) is 0. The van der Waals surface area contributed by atoms with Crippen LogP contribution in [-0.2, 0) is 6.54 Å². The fraction of sp³-hybridized carbons (Fsp3) is 0.571. The Morgan fingerprint density at radius 2 is 2.17 bits per heavy atom. The molecule has 2 nitrogen and oxygen atoms in total. The van der Waals surface area contributed by atoms with Crippen LogP contribution in [0.15, 0.2) is 18.2 Å². The molecule has 18 heavy (non-hydrogen) atoms. The fourth-order valence-electron chi connectivity index (χ4n) is 3.35. The van der Waals surface area contributed by atoms with Crippen LogP contribution >= 0.6 is 23.2 Å². The van der Waals surface area contributed by atoms with Crippen LogP contribution in [-0.4, -0.2) is 30.6 Å². The van der Waals surface area contributed by atoms with Crippen molar-refractivity contribution in [2.24, 2.45) is 11.8 Å². The third-order valence-corrected chi connectivity index (χ3v) is 5.32. The summed E-state index contributed by atoms with van der Waals surface area (Å²) in [5, 5.41) is 4.85. The Hall–Kier alpha value is -0.280. The zero-order chi connectivity index (χ0) is 12.7. The van der Waals surface area contributed by atoms with Gasteiger partial charge in [0.05, 0.1) is 10.0 Å². The topological polar surface area (TPSA) is 15.3 Å². The van der Waals surface area contributed by atoms with E-state index in [-0.39, 0.29) is 0 Å². The molecule has 3 atom stereocenters. The molecule has 2 saturated heterocycles. The second-order valence-electron chi connectivity index (χ2n) is 5.47. The van der Waals surface area contributed by atoms with Gasteiger partial charge in [-0.05, 0) is 43.5 Å². The Morgan fingerprint density at radius 3 is 2.94 bits per heavy atom. The van der Waals surface area contributed by atoms with Gasteiger partial charge in [0.2, 0.25) is 0 Å². The van der Waals surface area contributed by atoms with E-state index in [0.717, 1.165) is 37.0 Å². The van der Waals surface area contributed by atoms with Crippen molar-refractivity contribution in [3.8, 4) is 0 Å². The maximum Gasteiger partial charge on any atom is 0.0637 e. The Morgan fingerprint density at radius 1 is 1.33 bits per heavy atom. The zero-order valence-electron chi connectivity index (χ0n) is 10.5. The summed E-state index contributed by atoms with van der Waals surface area (Å²) in [5.41, 5.74) is 1.14. The predicted octanol–water partition coefficient (Wildman–Crippen LogP) is 3.03. The summed E-state index contributed by atoms with van der Waals surface area (Å²) in [5.74, 6) is 1.60. The van der Waals surface area contributed by atoms with E-state index >= 15 is 0 Å². The van der Waals surface area contributed by atoms with Gasteiger partial charge in [-0.1, -0.05) is 35.3 Å². The Bertz CT molecular complexity index is 449. The minimum atomic E-state index is 0.625. The standard InChI is InChI=1S/C14H18Cl2N2/c1-9-12-6-17-5-11(12)8-18(9)7-10-3-2-4-13(15)14(10)16/h2-4,9,11-12,17H,5-8H2,1H3. The highest BCUT2D eigenvalue weighted by atomic mass is 35.5. The quantitative estimate of drug-likeness (QED) is 0.898. The molecule has 0 aliphatic carbocycles. The van der Waals surface area contributed by atoms with Crippen molar-refractivity contribution in [1.29, 1.82) is 0 Å². The van der Waals surface area contributed by atoms with Crippen molar-refractivity contribution >= 4 is 23.2 Å². The maximum atomic E-state index is 6.27. The van der Waals surface area contributed by atoms with Crippen molar-refractivity contribution in [3.05, 3.63) is 33.8 Å². The fourth-order valence-corrected chi connectivity index (χ4v) is 3.73. The van der Waals surface area contributed by atoms with Gasteiger partial charge in [-0.15, -0.1) is 0 Å². The van der Waals surface area contributed by atoms with Gasteiger partial charge in [-0.25, -0.2) is 0 Å². The Labute approximate surface area is 118 Å². The Kier molecular flexibility index (Phi) is 3.55. The number of likely N-dealkylation sites (tertiary alicyclic amines) is 1. The minimum Gasteiger partial charge on any atom is -0.316 e. The molecule has 2 heterocycles. The summed E-state index contributed by atoms with van der Waals surface area (Å²) in [6.45, 7) is 6.73. The number of rotatable bonds is 2. The zero-order valence-corrected chi connectivity index (χ0v) is 12.0. The number of benzene rings is 1. The van der Waals surface area contributed by atoms with E-state index in [0.29, 0.717) is 16.1 Å². The van der Waals surface area contributed by atoms with Crippen LogP contribution in [0.3, 0.4) is 0 Å². The van der Waals surface area contributed by atoms with Crippen molar-refractivity contribution in [2.45, 2.75) is 19.5 Å².